The average Bonchev–Trinajstić information content (AvgIpc) is 3.40. The first-order chi connectivity index (χ1) is 36.5. The van der Waals surface area contributed by atoms with Crippen LogP contribution in [0, 0.1) is 0 Å². The molecule has 0 aliphatic heterocycles. The van der Waals surface area contributed by atoms with Gasteiger partial charge in [-0.3, -0.25) is 9.59 Å². The van der Waals surface area contributed by atoms with Crippen LogP contribution >= 0.6 is 0 Å². The lowest BCUT2D eigenvalue weighted by Gasteiger charge is -2.20. The minimum Gasteiger partial charge on any atom is -0.466 e. The van der Waals surface area contributed by atoms with Gasteiger partial charge >= 0.3 is 5.97 Å². The maximum Gasteiger partial charge on any atom is 0.305 e. The molecule has 6 nitrogen and oxygen atoms in total. The summed E-state index contributed by atoms with van der Waals surface area (Å²) in [4.78, 5) is 24.6. The average molecular weight is 1040 g/mol. The molecule has 3 N–H and O–H groups in total. The number of amides is 1. The van der Waals surface area contributed by atoms with Crippen LogP contribution in [0.1, 0.15) is 348 Å². The van der Waals surface area contributed by atoms with Crippen LogP contribution in [-0.4, -0.2) is 47.4 Å². The van der Waals surface area contributed by atoms with Gasteiger partial charge in [-0.1, -0.05) is 294 Å². The zero-order valence-electron chi connectivity index (χ0n) is 49.6. The number of allylic oxidation sites excluding steroid dienone is 7. The number of aliphatic hydroxyl groups excluding tert-OH is 2. The van der Waals surface area contributed by atoms with Crippen LogP contribution in [0.2, 0.25) is 0 Å². The van der Waals surface area contributed by atoms with E-state index in [-0.39, 0.29) is 18.5 Å². The summed E-state index contributed by atoms with van der Waals surface area (Å²) in [5.74, 6) is -0.0618. The first kappa shape index (κ1) is 71.8. The molecule has 0 saturated heterocycles. The second-order valence-electron chi connectivity index (χ2n) is 22.4. The van der Waals surface area contributed by atoms with Crippen LogP contribution in [0.4, 0.5) is 0 Å². The number of aliphatic hydroxyl groups is 2. The predicted molar refractivity (Wildman–Crippen MR) is 324 cm³/mol. The Morgan fingerprint density at radius 2 is 0.676 bits per heavy atom. The lowest BCUT2D eigenvalue weighted by molar-refractivity contribution is -0.143. The van der Waals surface area contributed by atoms with Gasteiger partial charge in [-0.05, 0) is 89.9 Å². The van der Waals surface area contributed by atoms with Crippen molar-refractivity contribution in [3.05, 3.63) is 48.6 Å². The number of hydrogen-bond acceptors (Lipinski definition) is 5. The number of carbonyl (C=O) groups is 2. The normalized spacial score (nSPS) is 12.9. The minimum atomic E-state index is -0.846. The summed E-state index contributed by atoms with van der Waals surface area (Å²) in [5.41, 5.74) is 0. The van der Waals surface area contributed by atoms with Gasteiger partial charge in [0.1, 0.15) is 0 Å². The lowest BCUT2D eigenvalue weighted by Crippen LogP contribution is -2.45. The quantitative estimate of drug-likeness (QED) is 0.0320. The third kappa shape index (κ3) is 59.1. The van der Waals surface area contributed by atoms with Gasteiger partial charge < -0.3 is 20.3 Å². The molecule has 6 heteroatoms. The molecule has 2 atom stereocenters. The number of ether oxygens (including phenoxy) is 1. The number of esters is 1. The minimum absolute atomic E-state index is 0.00911. The zero-order chi connectivity index (χ0) is 53.6. The van der Waals surface area contributed by atoms with Gasteiger partial charge in [-0.15, -0.1) is 0 Å². The molecule has 0 fully saturated rings. The van der Waals surface area contributed by atoms with Crippen LogP contribution in [0.25, 0.3) is 0 Å². The SMILES string of the molecule is CCCCC/C=C\C/C=C\CCCCCCCCCCCC(=O)OCCCCCCCCCCCCCC/C=C\CCCCCCCCCCCC(=O)NC(CO)C(O)/C=C/CCCCCCCCCCCCC. The molecule has 0 spiro atoms. The van der Waals surface area contributed by atoms with Crippen molar-refractivity contribution in [1.82, 2.24) is 5.32 Å². The van der Waals surface area contributed by atoms with E-state index in [4.69, 9.17) is 4.74 Å². The molecule has 1 amide bonds. The van der Waals surface area contributed by atoms with Crippen molar-refractivity contribution in [1.29, 1.82) is 0 Å². The highest BCUT2D eigenvalue weighted by Crippen LogP contribution is 2.17. The van der Waals surface area contributed by atoms with Gasteiger partial charge in [-0.25, -0.2) is 0 Å². The summed E-state index contributed by atoms with van der Waals surface area (Å²) in [6.07, 6.45) is 81.7. The third-order valence-electron chi connectivity index (χ3n) is 15.1. The Balaban J connectivity index is 3.39. The van der Waals surface area contributed by atoms with Gasteiger partial charge in [0.2, 0.25) is 5.91 Å². The van der Waals surface area contributed by atoms with Crippen molar-refractivity contribution in [3.8, 4) is 0 Å². The maximum atomic E-state index is 12.5. The van der Waals surface area contributed by atoms with Crippen LogP contribution in [0.5, 0.6) is 0 Å². The first-order valence-electron chi connectivity index (χ1n) is 32.9. The van der Waals surface area contributed by atoms with Crippen LogP contribution in [0.15, 0.2) is 48.6 Å². The molecule has 0 aromatic carbocycles. The molecular formula is C68H127NO5. The molecule has 0 radical (unpaired) electrons. The third-order valence-corrected chi connectivity index (χ3v) is 15.1. The molecule has 2 unspecified atom stereocenters. The van der Waals surface area contributed by atoms with Crippen molar-refractivity contribution in [2.45, 2.75) is 360 Å². The summed E-state index contributed by atoms with van der Waals surface area (Å²) in [6, 6.07) is -0.630. The van der Waals surface area contributed by atoms with Crippen molar-refractivity contribution >= 4 is 11.9 Å². The van der Waals surface area contributed by atoms with E-state index in [1.54, 1.807) is 6.08 Å². The standard InChI is InChI=1S/C68H127NO5/c1-3-5-7-9-11-13-15-17-18-19-27-31-34-38-42-46-50-54-58-62-68(73)74-63-59-55-51-47-43-39-35-32-29-26-24-22-20-21-23-25-28-30-33-37-41-45-49-53-57-61-67(72)69-65(64-70)66(71)60-56-52-48-44-40-36-16-14-12-10-8-6-4-2/h11,13,17-18,21,23,56,60,65-66,70-71H,3-10,12,14-16,19-20,22,24-55,57-59,61-64H2,1-2H3,(H,69,72)/b13-11-,18-17-,23-21-,60-56+. The number of rotatable bonds is 61. The van der Waals surface area contributed by atoms with E-state index in [2.05, 4.69) is 55.6 Å². The highest BCUT2D eigenvalue weighted by atomic mass is 16.5. The van der Waals surface area contributed by atoms with Crippen molar-refractivity contribution in [2.75, 3.05) is 13.2 Å². The fourth-order valence-corrected chi connectivity index (χ4v) is 10.0. The second kappa shape index (κ2) is 63.4. The molecule has 0 rings (SSSR count). The summed E-state index contributed by atoms with van der Waals surface area (Å²) in [7, 11) is 0. The Bertz CT molecular complexity index is 1240. The molecule has 0 aromatic heterocycles. The number of nitrogens with one attached hydrogen (secondary N) is 1. The molecule has 0 heterocycles. The largest absolute Gasteiger partial charge is 0.466 e. The Morgan fingerprint density at radius 1 is 0.378 bits per heavy atom. The van der Waals surface area contributed by atoms with E-state index >= 15 is 0 Å². The fraction of sp³-hybridized carbons (Fsp3) is 0.853. The van der Waals surface area contributed by atoms with E-state index < -0.39 is 12.1 Å². The molecular weight excluding hydrogens is 911 g/mol. The molecule has 0 aromatic rings. The van der Waals surface area contributed by atoms with E-state index in [0.29, 0.717) is 19.4 Å². The molecule has 0 saturated carbocycles. The Labute approximate surface area is 461 Å². The Kier molecular flexibility index (Phi) is 61.5. The fourth-order valence-electron chi connectivity index (χ4n) is 10.0. The van der Waals surface area contributed by atoms with E-state index in [0.717, 1.165) is 51.4 Å². The Morgan fingerprint density at radius 3 is 1.07 bits per heavy atom. The topological polar surface area (TPSA) is 95.9 Å². The first-order valence-corrected chi connectivity index (χ1v) is 32.9. The van der Waals surface area contributed by atoms with Gasteiger partial charge in [-0.2, -0.15) is 0 Å². The van der Waals surface area contributed by atoms with Crippen molar-refractivity contribution in [3.63, 3.8) is 0 Å². The van der Waals surface area contributed by atoms with Gasteiger partial charge in [0.15, 0.2) is 0 Å². The van der Waals surface area contributed by atoms with Crippen LogP contribution in [0.3, 0.4) is 0 Å². The zero-order valence-corrected chi connectivity index (χ0v) is 49.6. The predicted octanol–water partition coefficient (Wildman–Crippen LogP) is 20.9. The smallest absolute Gasteiger partial charge is 0.305 e. The number of hydrogen-bond donors (Lipinski definition) is 3. The van der Waals surface area contributed by atoms with Crippen molar-refractivity contribution in [2.24, 2.45) is 0 Å². The van der Waals surface area contributed by atoms with Gasteiger partial charge in [0.05, 0.1) is 25.4 Å². The van der Waals surface area contributed by atoms with E-state index in [1.165, 1.54) is 270 Å². The van der Waals surface area contributed by atoms with Crippen LogP contribution in [-0.2, 0) is 14.3 Å². The van der Waals surface area contributed by atoms with E-state index in [1.807, 2.05) is 6.08 Å². The number of unbranched alkanes of at least 4 members (excludes halogenated alkanes) is 44. The Hall–Kier alpha value is -2.18. The highest BCUT2D eigenvalue weighted by molar-refractivity contribution is 5.76. The van der Waals surface area contributed by atoms with Gasteiger partial charge in [0.25, 0.3) is 0 Å². The summed E-state index contributed by atoms with van der Waals surface area (Å²) in [6.45, 7) is 4.88. The monoisotopic (exact) mass is 1040 g/mol. The lowest BCUT2D eigenvalue weighted by atomic mass is 10.0. The summed E-state index contributed by atoms with van der Waals surface area (Å²) < 4.78 is 5.50. The molecule has 0 aliphatic carbocycles. The molecule has 74 heavy (non-hydrogen) atoms. The molecule has 434 valence electrons. The summed E-state index contributed by atoms with van der Waals surface area (Å²) >= 11 is 0. The second-order valence-corrected chi connectivity index (χ2v) is 22.4. The molecule has 0 bridgehead atoms. The van der Waals surface area contributed by atoms with E-state index in [9.17, 15) is 19.8 Å². The van der Waals surface area contributed by atoms with Gasteiger partial charge in [0, 0.05) is 12.8 Å². The maximum absolute atomic E-state index is 12.5. The molecule has 0 aliphatic rings. The van der Waals surface area contributed by atoms with Crippen molar-refractivity contribution < 1.29 is 24.5 Å². The van der Waals surface area contributed by atoms with Crippen LogP contribution < -0.4 is 5.32 Å². The summed E-state index contributed by atoms with van der Waals surface area (Å²) in [5, 5.41) is 23.1. The highest BCUT2D eigenvalue weighted by Gasteiger charge is 2.18. The number of carbonyl (C=O) groups excluding carboxylic acids is 2.